The smallest absolute Gasteiger partial charge is 0.231 e. The van der Waals surface area contributed by atoms with Crippen molar-refractivity contribution < 1.29 is 9.53 Å². The van der Waals surface area contributed by atoms with Crippen molar-refractivity contribution in [1.82, 2.24) is 10.2 Å². The van der Waals surface area contributed by atoms with Gasteiger partial charge in [0.2, 0.25) is 5.91 Å². The molecule has 25 heavy (non-hydrogen) atoms. The van der Waals surface area contributed by atoms with E-state index in [1.807, 2.05) is 0 Å². The van der Waals surface area contributed by atoms with Crippen molar-refractivity contribution in [3.8, 4) is 0 Å². The Kier molecular flexibility index (Phi) is 7.73. The third-order valence-electron chi connectivity index (χ3n) is 5.72. The fourth-order valence-electron chi connectivity index (χ4n) is 4.29. The summed E-state index contributed by atoms with van der Waals surface area (Å²) in [6, 6.07) is 10.8. The SMILES string of the molecule is COCC1(C(=O)N2CCCC(c3ccccc3)CC2)CCNCC1.Cl. The number of amides is 1. The predicted octanol–water partition coefficient (Wildman–Crippen LogP) is 3.22. The van der Waals surface area contributed by atoms with Gasteiger partial charge in [-0.25, -0.2) is 0 Å². The highest BCUT2D eigenvalue weighted by molar-refractivity contribution is 5.85. The van der Waals surface area contributed by atoms with Gasteiger partial charge in [0.15, 0.2) is 0 Å². The first-order valence-electron chi connectivity index (χ1n) is 9.29. The zero-order chi connectivity index (χ0) is 16.8. The second-order valence-corrected chi connectivity index (χ2v) is 7.29. The number of nitrogens with zero attached hydrogens (tertiary/aromatic N) is 1. The van der Waals surface area contributed by atoms with Gasteiger partial charge in [0.25, 0.3) is 0 Å². The van der Waals surface area contributed by atoms with Crippen molar-refractivity contribution in [2.75, 3.05) is 39.9 Å². The Bertz CT molecular complexity index is 526. The molecule has 1 unspecified atom stereocenters. The number of hydrogen-bond donors (Lipinski definition) is 1. The van der Waals surface area contributed by atoms with Gasteiger partial charge in [-0.2, -0.15) is 0 Å². The first-order valence-corrected chi connectivity index (χ1v) is 9.29. The Morgan fingerprint density at radius 2 is 1.92 bits per heavy atom. The first kappa shape index (κ1) is 20.2. The maximum absolute atomic E-state index is 13.3. The minimum absolute atomic E-state index is 0. The molecule has 2 aliphatic rings. The minimum Gasteiger partial charge on any atom is -0.384 e. The molecule has 1 aromatic rings. The summed E-state index contributed by atoms with van der Waals surface area (Å²) in [5.41, 5.74) is 1.10. The highest BCUT2D eigenvalue weighted by Gasteiger charge is 2.42. The molecule has 0 aromatic heterocycles. The molecule has 3 rings (SSSR count). The fourth-order valence-corrected chi connectivity index (χ4v) is 4.29. The Morgan fingerprint density at radius 3 is 2.60 bits per heavy atom. The van der Waals surface area contributed by atoms with Gasteiger partial charge in [-0.3, -0.25) is 4.79 Å². The van der Waals surface area contributed by atoms with Crippen LogP contribution in [0.2, 0.25) is 0 Å². The molecule has 1 atom stereocenters. The van der Waals surface area contributed by atoms with Crippen LogP contribution in [0.25, 0.3) is 0 Å². The van der Waals surface area contributed by atoms with E-state index in [4.69, 9.17) is 4.74 Å². The molecule has 0 saturated carbocycles. The van der Waals surface area contributed by atoms with E-state index in [0.29, 0.717) is 18.4 Å². The summed E-state index contributed by atoms with van der Waals surface area (Å²) in [4.78, 5) is 15.4. The van der Waals surface area contributed by atoms with E-state index in [1.54, 1.807) is 7.11 Å². The lowest BCUT2D eigenvalue weighted by Crippen LogP contribution is -2.51. The average molecular weight is 367 g/mol. The van der Waals surface area contributed by atoms with Gasteiger partial charge in [0.1, 0.15) is 0 Å². The molecule has 5 heteroatoms. The molecule has 1 amide bonds. The van der Waals surface area contributed by atoms with Gasteiger partial charge in [-0.05, 0) is 56.7 Å². The summed E-state index contributed by atoms with van der Waals surface area (Å²) >= 11 is 0. The number of likely N-dealkylation sites (tertiary alicyclic amines) is 1. The highest BCUT2D eigenvalue weighted by atomic mass is 35.5. The number of carbonyl (C=O) groups is 1. The van der Waals surface area contributed by atoms with Crippen molar-refractivity contribution in [2.24, 2.45) is 5.41 Å². The summed E-state index contributed by atoms with van der Waals surface area (Å²) < 4.78 is 5.44. The van der Waals surface area contributed by atoms with E-state index >= 15 is 0 Å². The molecule has 2 aliphatic heterocycles. The number of hydrogen-bond acceptors (Lipinski definition) is 3. The second-order valence-electron chi connectivity index (χ2n) is 7.29. The Hall–Kier alpha value is -1.10. The number of piperidine rings is 1. The molecule has 4 nitrogen and oxygen atoms in total. The predicted molar refractivity (Wildman–Crippen MR) is 103 cm³/mol. The summed E-state index contributed by atoms with van der Waals surface area (Å²) in [5, 5.41) is 3.37. The third kappa shape index (κ3) is 4.75. The number of benzene rings is 1. The van der Waals surface area contributed by atoms with Crippen molar-refractivity contribution in [1.29, 1.82) is 0 Å². The van der Waals surface area contributed by atoms with Crippen molar-refractivity contribution in [3.05, 3.63) is 35.9 Å². The van der Waals surface area contributed by atoms with E-state index in [0.717, 1.165) is 51.9 Å². The second kappa shape index (κ2) is 9.56. The molecule has 1 aromatic carbocycles. The topological polar surface area (TPSA) is 41.6 Å². The Balaban J connectivity index is 0.00000225. The number of halogens is 1. The van der Waals surface area contributed by atoms with Gasteiger partial charge in [-0.1, -0.05) is 30.3 Å². The van der Waals surface area contributed by atoms with Gasteiger partial charge in [0.05, 0.1) is 12.0 Å². The van der Waals surface area contributed by atoms with E-state index in [2.05, 4.69) is 40.5 Å². The van der Waals surface area contributed by atoms with Gasteiger partial charge in [0, 0.05) is 20.2 Å². The van der Waals surface area contributed by atoms with Crippen molar-refractivity contribution in [3.63, 3.8) is 0 Å². The number of nitrogens with one attached hydrogen (secondary N) is 1. The molecule has 1 N–H and O–H groups in total. The van der Waals surface area contributed by atoms with Crippen LogP contribution in [0.5, 0.6) is 0 Å². The van der Waals surface area contributed by atoms with E-state index < -0.39 is 0 Å². The summed E-state index contributed by atoms with van der Waals surface area (Å²) in [6.07, 6.45) is 5.10. The third-order valence-corrected chi connectivity index (χ3v) is 5.72. The lowest BCUT2D eigenvalue weighted by atomic mass is 9.78. The monoisotopic (exact) mass is 366 g/mol. The molecule has 2 saturated heterocycles. The molecule has 2 heterocycles. The van der Waals surface area contributed by atoms with Crippen LogP contribution in [0, 0.1) is 5.41 Å². The maximum atomic E-state index is 13.3. The van der Waals surface area contributed by atoms with Crippen molar-refractivity contribution >= 4 is 18.3 Å². The molecule has 2 fully saturated rings. The van der Waals surface area contributed by atoms with E-state index in [9.17, 15) is 4.79 Å². The normalized spacial score (nSPS) is 23.4. The van der Waals surface area contributed by atoms with Crippen molar-refractivity contribution in [2.45, 2.75) is 38.0 Å². The zero-order valence-corrected chi connectivity index (χ0v) is 16.0. The van der Waals surface area contributed by atoms with Crippen LogP contribution >= 0.6 is 12.4 Å². The number of carbonyl (C=O) groups excluding carboxylic acids is 1. The summed E-state index contributed by atoms with van der Waals surface area (Å²) in [5.74, 6) is 0.898. The van der Waals surface area contributed by atoms with E-state index in [1.165, 1.54) is 12.0 Å². The lowest BCUT2D eigenvalue weighted by Gasteiger charge is -2.39. The Labute approximate surface area is 157 Å². The van der Waals surface area contributed by atoms with Gasteiger partial charge in [-0.15, -0.1) is 12.4 Å². The molecular formula is C20H31ClN2O2. The number of ether oxygens (including phenoxy) is 1. The van der Waals surface area contributed by atoms with Crippen LogP contribution in [0.1, 0.15) is 43.6 Å². The van der Waals surface area contributed by atoms with Crippen LogP contribution in [0.3, 0.4) is 0 Å². The standard InChI is InChI=1S/C20H30N2O2.ClH/c1-24-16-20(10-12-21-13-11-20)19(23)22-14-5-8-18(9-15-22)17-6-3-2-4-7-17;/h2-4,6-7,18,21H,5,8-16H2,1H3;1H. The molecule has 0 radical (unpaired) electrons. The summed E-state index contributed by atoms with van der Waals surface area (Å²) in [7, 11) is 1.71. The molecule has 0 bridgehead atoms. The lowest BCUT2D eigenvalue weighted by molar-refractivity contribution is -0.147. The highest BCUT2D eigenvalue weighted by Crippen LogP contribution is 2.34. The van der Waals surface area contributed by atoms with Crippen LogP contribution < -0.4 is 5.32 Å². The largest absolute Gasteiger partial charge is 0.384 e. The van der Waals surface area contributed by atoms with Gasteiger partial charge < -0.3 is 15.0 Å². The fraction of sp³-hybridized carbons (Fsp3) is 0.650. The first-order chi connectivity index (χ1) is 11.7. The molecular weight excluding hydrogens is 336 g/mol. The molecule has 0 aliphatic carbocycles. The minimum atomic E-state index is -0.313. The number of rotatable bonds is 4. The van der Waals surface area contributed by atoms with Crippen LogP contribution in [-0.4, -0.2) is 50.7 Å². The van der Waals surface area contributed by atoms with E-state index in [-0.39, 0.29) is 17.8 Å². The van der Waals surface area contributed by atoms with Crippen LogP contribution in [0.15, 0.2) is 30.3 Å². The molecule has 0 spiro atoms. The molecule has 140 valence electrons. The maximum Gasteiger partial charge on any atom is 0.231 e. The van der Waals surface area contributed by atoms with Crippen LogP contribution in [-0.2, 0) is 9.53 Å². The number of methoxy groups -OCH3 is 1. The Morgan fingerprint density at radius 1 is 1.20 bits per heavy atom. The summed E-state index contributed by atoms with van der Waals surface area (Å²) in [6.45, 7) is 4.13. The van der Waals surface area contributed by atoms with Gasteiger partial charge >= 0.3 is 0 Å². The van der Waals surface area contributed by atoms with Crippen LogP contribution in [0.4, 0.5) is 0 Å². The quantitative estimate of drug-likeness (QED) is 0.889. The average Bonchev–Trinajstić information content (AvgIpc) is 2.89. The zero-order valence-electron chi connectivity index (χ0n) is 15.2.